The first kappa shape index (κ1) is 14.8. The van der Waals surface area contributed by atoms with E-state index in [1.54, 1.807) is 4.68 Å². The van der Waals surface area contributed by atoms with Crippen LogP contribution in [0.2, 0.25) is 0 Å². The minimum atomic E-state index is 0.0642. The van der Waals surface area contributed by atoms with Crippen molar-refractivity contribution >= 4 is 5.91 Å². The first-order valence-electron chi connectivity index (χ1n) is 7.78. The summed E-state index contributed by atoms with van der Waals surface area (Å²) in [4.78, 5) is 14.7. The summed E-state index contributed by atoms with van der Waals surface area (Å²) in [6, 6.07) is 4.21. The highest BCUT2D eigenvalue weighted by Crippen LogP contribution is 2.24. The molecule has 1 fully saturated rings. The SMILES string of the molecule is Cc1cc(C(=O)N2CCCC(n3nc(C)cc3C)C2)n(C)n1. The number of likely N-dealkylation sites (tertiary alicyclic amines) is 1. The summed E-state index contributed by atoms with van der Waals surface area (Å²) in [6.45, 7) is 7.51. The van der Waals surface area contributed by atoms with Gasteiger partial charge in [-0.15, -0.1) is 0 Å². The number of nitrogens with zero attached hydrogens (tertiary/aromatic N) is 5. The molecule has 1 aliphatic heterocycles. The third kappa shape index (κ3) is 2.65. The molecule has 0 aliphatic carbocycles. The molecule has 1 atom stereocenters. The number of piperidine rings is 1. The fourth-order valence-corrected chi connectivity index (χ4v) is 3.33. The van der Waals surface area contributed by atoms with Crippen molar-refractivity contribution in [2.75, 3.05) is 13.1 Å². The molecule has 1 amide bonds. The van der Waals surface area contributed by atoms with Crippen molar-refractivity contribution in [3.63, 3.8) is 0 Å². The molecule has 1 saturated heterocycles. The van der Waals surface area contributed by atoms with Gasteiger partial charge in [-0.1, -0.05) is 0 Å². The number of aryl methyl sites for hydroxylation is 4. The van der Waals surface area contributed by atoms with Crippen LogP contribution in [0.5, 0.6) is 0 Å². The average Bonchev–Trinajstić information content (AvgIpc) is 2.99. The number of aromatic nitrogens is 4. The lowest BCUT2D eigenvalue weighted by molar-refractivity contribution is 0.0660. The van der Waals surface area contributed by atoms with Crippen molar-refractivity contribution in [3.8, 4) is 0 Å². The van der Waals surface area contributed by atoms with Crippen LogP contribution >= 0.6 is 0 Å². The highest BCUT2D eigenvalue weighted by molar-refractivity contribution is 5.92. The molecule has 22 heavy (non-hydrogen) atoms. The van der Waals surface area contributed by atoms with Crippen molar-refractivity contribution in [1.29, 1.82) is 0 Å². The van der Waals surface area contributed by atoms with Gasteiger partial charge in [0.15, 0.2) is 0 Å². The Morgan fingerprint density at radius 2 is 1.91 bits per heavy atom. The Hall–Kier alpha value is -2.11. The van der Waals surface area contributed by atoms with Gasteiger partial charge in [0.2, 0.25) is 0 Å². The van der Waals surface area contributed by atoms with Crippen LogP contribution in [0.4, 0.5) is 0 Å². The van der Waals surface area contributed by atoms with Gasteiger partial charge in [0.1, 0.15) is 5.69 Å². The summed E-state index contributed by atoms with van der Waals surface area (Å²) in [7, 11) is 1.82. The summed E-state index contributed by atoms with van der Waals surface area (Å²) in [6.07, 6.45) is 2.07. The smallest absolute Gasteiger partial charge is 0.272 e. The van der Waals surface area contributed by atoms with Crippen LogP contribution in [0.25, 0.3) is 0 Å². The summed E-state index contributed by atoms with van der Waals surface area (Å²) in [5.41, 5.74) is 3.72. The Morgan fingerprint density at radius 3 is 2.50 bits per heavy atom. The molecule has 3 rings (SSSR count). The van der Waals surface area contributed by atoms with Crippen molar-refractivity contribution in [2.45, 2.75) is 39.7 Å². The van der Waals surface area contributed by atoms with Crippen LogP contribution in [-0.2, 0) is 7.05 Å². The molecular weight excluding hydrogens is 278 g/mol. The molecule has 1 unspecified atom stereocenters. The number of rotatable bonds is 2. The zero-order valence-electron chi connectivity index (χ0n) is 13.7. The highest BCUT2D eigenvalue weighted by Gasteiger charge is 2.28. The van der Waals surface area contributed by atoms with Gasteiger partial charge in [-0.2, -0.15) is 10.2 Å². The summed E-state index contributed by atoms with van der Waals surface area (Å²) < 4.78 is 3.74. The average molecular weight is 301 g/mol. The number of carbonyl (C=O) groups is 1. The first-order chi connectivity index (χ1) is 10.5. The highest BCUT2D eigenvalue weighted by atomic mass is 16.2. The van der Waals surface area contributed by atoms with Gasteiger partial charge in [-0.3, -0.25) is 14.2 Å². The Kier molecular flexibility index (Phi) is 3.76. The molecule has 2 aromatic heterocycles. The van der Waals surface area contributed by atoms with Crippen molar-refractivity contribution in [2.24, 2.45) is 7.05 Å². The van der Waals surface area contributed by atoms with Crippen LogP contribution in [-0.4, -0.2) is 43.5 Å². The maximum Gasteiger partial charge on any atom is 0.272 e. The Morgan fingerprint density at radius 1 is 1.18 bits per heavy atom. The van der Waals surface area contributed by atoms with Crippen LogP contribution in [0.3, 0.4) is 0 Å². The maximum absolute atomic E-state index is 12.7. The van der Waals surface area contributed by atoms with E-state index in [4.69, 9.17) is 0 Å². The molecule has 0 spiro atoms. The van der Waals surface area contributed by atoms with Crippen LogP contribution < -0.4 is 0 Å². The van der Waals surface area contributed by atoms with Gasteiger partial charge < -0.3 is 4.90 Å². The Labute approximate surface area is 130 Å². The van der Waals surface area contributed by atoms with Gasteiger partial charge in [0.05, 0.1) is 17.4 Å². The van der Waals surface area contributed by atoms with Crippen molar-refractivity contribution in [3.05, 3.63) is 34.9 Å². The predicted molar refractivity (Wildman–Crippen MR) is 83.8 cm³/mol. The van der Waals surface area contributed by atoms with E-state index in [1.165, 1.54) is 0 Å². The molecule has 0 radical (unpaired) electrons. The fraction of sp³-hybridized carbons (Fsp3) is 0.562. The molecule has 3 heterocycles. The summed E-state index contributed by atoms with van der Waals surface area (Å²) in [5.74, 6) is 0.0642. The largest absolute Gasteiger partial charge is 0.335 e. The zero-order chi connectivity index (χ0) is 15.9. The number of hydrogen-bond donors (Lipinski definition) is 0. The van der Waals surface area contributed by atoms with Gasteiger partial charge in [0.25, 0.3) is 5.91 Å². The lowest BCUT2D eigenvalue weighted by Gasteiger charge is -2.33. The first-order valence-corrected chi connectivity index (χ1v) is 7.78. The summed E-state index contributed by atoms with van der Waals surface area (Å²) >= 11 is 0. The van der Waals surface area contributed by atoms with E-state index in [0.717, 1.165) is 36.5 Å². The quantitative estimate of drug-likeness (QED) is 0.852. The van der Waals surface area contributed by atoms with Crippen molar-refractivity contribution in [1.82, 2.24) is 24.5 Å². The summed E-state index contributed by atoms with van der Waals surface area (Å²) in [5, 5.41) is 8.86. The lowest BCUT2D eigenvalue weighted by atomic mass is 10.1. The molecule has 0 N–H and O–H groups in total. The van der Waals surface area contributed by atoms with E-state index in [1.807, 2.05) is 31.9 Å². The molecule has 0 bridgehead atoms. The third-order valence-electron chi connectivity index (χ3n) is 4.30. The molecule has 2 aromatic rings. The number of hydrogen-bond acceptors (Lipinski definition) is 3. The second kappa shape index (κ2) is 5.59. The fourth-order valence-electron chi connectivity index (χ4n) is 3.33. The molecule has 0 aromatic carbocycles. The minimum Gasteiger partial charge on any atom is -0.335 e. The molecule has 118 valence electrons. The molecule has 6 heteroatoms. The lowest BCUT2D eigenvalue weighted by Crippen LogP contribution is -2.41. The second-order valence-corrected chi connectivity index (χ2v) is 6.21. The predicted octanol–water partition coefficient (Wildman–Crippen LogP) is 2.02. The van der Waals surface area contributed by atoms with E-state index in [0.29, 0.717) is 12.2 Å². The Balaban J connectivity index is 1.80. The van der Waals surface area contributed by atoms with Crippen LogP contribution in [0.15, 0.2) is 12.1 Å². The molecule has 0 saturated carbocycles. The van der Waals surface area contributed by atoms with Crippen molar-refractivity contribution < 1.29 is 4.79 Å². The zero-order valence-corrected chi connectivity index (χ0v) is 13.7. The number of amides is 1. The minimum absolute atomic E-state index is 0.0642. The monoisotopic (exact) mass is 301 g/mol. The van der Waals surface area contributed by atoms with E-state index < -0.39 is 0 Å². The van der Waals surface area contributed by atoms with E-state index in [-0.39, 0.29) is 11.9 Å². The topological polar surface area (TPSA) is 56.0 Å². The molecule has 6 nitrogen and oxygen atoms in total. The normalized spacial score (nSPS) is 18.7. The number of carbonyl (C=O) groups excluding carboxylic acids is 1. The third-order valence-corrected chi connectivity index (χ3v) is 4.30. The van der Waals surface area contributed by atoms with Gasteiger partial charge in [-0.25, -0.2) is 0 Å². The van der Waals surface area contributed by atoms with E-state index in [2.05, 4.69) is 27.9 Å². The van der Waals surface area contributed by atoms with Gasteiger partial charge in [-0.05, 0) is 45.7 Å². The molecular formula is C16H23N5O. The van der Waals surface area contributed by atoms with Crippen LogP contribution in [0.1, 0.15) is 46.5 Å². The van der Waals surface area contributed by atoms with Gasteiger partial charge in [0, 0.05) is 25.8 Å². The molecule has 1 aliphatic rings. The van der Waals surface area contributed by atoms with E-state index in [9.17, 15) is 4.79 Å². The standard InChI is InChI=1S/C16H23N5O/c1-11-8-13(3)21(18-11)14-6-5-7-20(10-14)16(22)15-9-12(2)17-19(15)4/h8-9,14H,5-7,10H2,1-4H3. The van der Waals surface area contributed by atoms with Crippen LogP contribution in [0, 0.1) is 20.8 Å². The maximum atomic E-state index is 12.7. The van der Waals surface area contributed by atoms with Gasteiger partial charge >= 0.3 is 0 Å². The van der Waals surface area contributed by atoms with E-state index >= 15 is 0 Å². The second-order valence-electron chi connectivity index (χ2n) is 6.21. The Bertz CT molecular complexity index is 699.